The molecule has 0 unspecified atom stereocenters. The van der Waals surface area contributed by atoms with E-state index in [-0.39, 0.29) is 28.9 Å². The van der Waals surface area contributed by atoms with E-state index in [1.165, 1.54) is 17.5 Å². The highest BCUT2D eigenvalue weighted by Gasteiger charge is 2.34. The molecule has 0 aliphatic rings. The standard InChI is InChI=1S/C22H21ClF3N3O2S/c1-2-3-4-11-31-19-10-9-16(12-17(19)22(24,25)26)28-21-29-18(13-32-21)20(30)27-15-7-5-14(23)6-8-15/h5-10,12-13H,2-4,11H2,1H3,(H,27,30)(H,28,29). The third-order valence-electron chi connectivity index (χ3n) is 4.38. The van der Waals surface area contributed by atoms with Gasteiger partial charge in [0.05, 0.1) is 12.2 Å². The Morgan fingerprint density at radius 1 is 1.12 bits per heavy atom. The molecule has 0 spiro atoms. The second-order valence-corrected chi connectivity index (χ2v) is 8.18. The van der Waals surface area contributed by atoms with Crippen molar-refractivity contribution in [2.24, 2.45) is 0 Å². The number of thiazole rings is 1. The fourth-order valence-electron chi connectivity index (χ4n) is 2.78. The molecule has 0 bridgehead atoms. The van der Waals surface area contributed by atoms with Gasteiger partial charge in [-0.25, -0.2) is 4.98 Å². The highest BCUT2D eigenvalue weighted by molar-refractivity contribution is 7.14. The molecule has 32 heavy (non-hydrogen) atoms. The molecule has 0 saturated carbocycles. The van der Waals surface area contributed by atoms with Gasteiger partial charge in [0, 0.05) is 21.8 Å². The van der Waals surface area contributed by atoms with E-state index in [9.17, 15) is 18.0 Å². The number of amides is 1. The van der Waals surface area contributed by atoms with Gasteiger partial charge in [-0.2, -0.15) is 13.2 Å². The number of ether oxygens (including phenoxy) is 1. The third-order valence-corrected chi connectivity index (χ3v) is 5.39. The second kappa shape index (κ2) is 10.7. The summed E-state index contributed by atoms with van der Waals surface area (Å²) < 4.78 is 45.9. The van der Waals surface area contributed by atoms with E-state index in [1.807, 2.05) is 6.92 Å². The number of alkyl halides is 3. The van der Waals surface area contributed by atoms with E-state index in [2.05, 4.69) is 15.6 Å². The van der Waals surface area contributed by atoms with Gasteiger partial charge in [-0.1, -0.05) is 31.4 Å². The molecule has 0 aliphatic heterocycles. The van der Waals surface area contributed by atoms with Gasteiger partial charge in [0.2, 0.25) is 0 Å². The first kappa shape index (κ1) is 23.9. The van der Waals surface area contributed by atoms with Gasteiger partial charge in [-0.3, -0.25) is 4.79 Å². The monoisotopic (exact) mass is 483 g/mol. The number of aromatic nitrogens is 1. The first-order valence-electron chi connectivity index (χ1n) is 9.90. The number of carbonyl (C=O) groups excluding carboxylic acids is 1. The number of rotatable bonds is 9. The van der Waals surface area contributed by atoms with Crippen molar-refractivity contribution in [2.75, 3.05) is 17.2 Å². The van der Waals surface area contributed by atoms with Crippen molar-refractivity contribution in [3.05, 3.63) is 64.1 Å². The summed E-state index contributed by atoms with van der Waals surface area (Å²) in [6.45, 7) is 2.23. The molecule has 2 N–H and O–H groups in total. The van der Waals surface area contributed by atoms with Crippen LogP contribution in [0, 0.1) is 0 Å². The van der Waals surface area contributed by atoms with Crippen molar-refractivity contribution in [2.45, 2.75) is 32.4 Å². The fourth-order valence-corrected chi connectivity index (χ4v) is 3.61. The number of hydrogen-bond acceptors (Lipinski definition) is 5. The Bertz CT molecular complexity index is 1060. The first-order valence-corrected chi connectivity index (χ1v) is 11.2. The van der Waals surface area contributed by atoms with Crippen LogP contribution in [-0.2, 0) is 6.18 Å². The van der Waals surface area contributed by atoms with Crippen molar-refractivity contribution >= 4 is 45.4 Å². The molecular formula is C22H21ClF3N3O2S. The van der Waals surface area contributed by atoms with E-state index in [0.717, 1.165) is 30.2 Å². The Labute approximate surface area is 192 Å². The van der Waals surface area contributed by atoms with Crippen LogP contribution in [0.2, 0.25) is 5.02 Å². The molecule has 3 aromatic rings. The Balaban J connectivity index is 1.69. The number of nitrogens with zero attached hydrogens (tertiary/aromatic N) is 1. The van der Waals surface area contributed by atoms with Crippen LogP contribution < -0.4 is 15.4 Å². The topological polar surface area (TPSA) is 63.2 Å². The summed E-state index contributed by atoms with van der Waals surface area (Å²) in [7, 11) is 0. The van der Waals surface area contributed by atoms with Crippen LogP contribution in [0.5, 0.6) is 5.75 Å². The Kier molecular flexibility index (Phi) is 7.98. The second-order valence-electron chi connectivity index (χ2n) is 6.89. The molecule has 5 nitrogen and oxygen atoms in total. The molecule has 0 atom stereocenters. The summed E-state index contributed by atoms with van der Waals surface area (Å²) in [5.74, 6) is -0.648. The molecule has 10 heteroatoms. The van der Waals surface area contributed by atoms with Gasteiger partial charge in [-0.15, -0.1) is 11.3 Å². The van der Waals surface area contributed by atoms with Crippen LogP contribution in [0.15, 0.2) is 47.8 Å². The van der Waals surface area contributed by atoms with E-state index >= 15 is 0 Å². The average Bonchev–Trinajstić information content (AvgIpc) is 3.21. The van der Waals surface area contributed by atoms with Crippen LogP contribution in [0.25, 0.3) is 0 Å². The highest BCUT2D eigenvalue weighted by atomic mass is 35.5. The summed E-state index contributed by atoms with van der Waals surface area (Å²) in [4.78, 5) is 16.5. The van der Waals surface area contributed by atoms with Crippen molar-refractivity contribution < 1.29 is 22.7 Å². The molecule has 1 amide bonds. The number of carbonyl (C=O) groups is 1. The summed E-state index contributed by atoms with van der Waals surface area (Å²) in [6.07, 6.45) is -2.04. The van der Waals surface area contributed by atoms with Crippen LogP contribution in [0.3, 0.4) is 0 Å². The molecule has 0 aliphatic carbocycles. The predicted octanol–water partition coefficient (Wildman–Crippen LogP) is 7.38. The van der Waals surface area contributed by atoms with Crippen LogP contribution in [0.4, 0.5) is 29.7 Å². The lowest BCUT2D eigenvalue weighted by Gasteiger charge is -2.15. The summed E-state index contributed by atoms with van der Waals surface area (Å²) in [6, 6.07) is 10.3. The maximum Gasteiger partial charge on any atom is 0.420 e. The molecule has 1 aromatic heterocycles. The summed E-state index contributed by atoms with van der Waals surface area (Å²) in [5.41, 5.74) is 0.0131. The molecule has 0 fully saturated rings. The van der Waals surface area contributed by atoms with E-state index in [1.54, 1.807) is 24.3 Å². The number of halogens is 4. The SMILES string of the molecule is CCCCCOc1ccc(Nc2nc(C(=O)Nc3ccc(Cl)cc3)cs2)cc1C(F)(F)F. The normalized spacial score (nSPS) is 11.3. The van der Waals surface area contributed by atoms with Crippen molar-refractivity contribution in [3.63, 3.8) is 0 Å². The van der Waals surface area contributed by atoms with Crippen LogP contribution in [-0.4, -0.2) is 17.5 Å². The lowest BCUT2D eigenvalue weighted by Crippen LogP contribution is -2.12. The minimum Gasteiger partial charge on any atom is -0.493 e. The minimum atomic E-state index is -4.57. The number of unbranched alkanes of at least 4 members (excludes halogenated alkanes) is 2. The first-order chi connectivity index (χ1) is 15.3. The lowest BCUT2D eigenvalue weighted by molar-refractivity contribution is -0.138. The zero-order chi connectivity index (χ0) is 23.1. The Morgan fingerprint density at radius 2 is 1.84 bits per heavy atom. The van der Waals surface area contributed by atoms with E-state index in [4.69, 9.17) is 16.3 Å². The average molecular weight is 484 g/mol. The van der Waals surface area contributed by atoms with Gasteiger partial charge >= 0.3 is 6.18 Å². The lowest BCUT2D eigenvalue weighted by atomic mass is 10.1. The molecule has 170 valence electrons. The zero-order valence-electron chi connectivity index (χ0n) is 17.1. The molecule has 2 aromatic carbocycles. The van der Waals surface area contributed by atoms with E-state index < -0.39 is 17.6 Å². The van der Waals surface area contributed by atoms with Gasteiger partial charge < -0.3 is 15.4 Å². The summed E-state index contributed by atoms with van der Waals surface area (Å²) >= 11 is 6.93. The molecule has 0 saturated heterocycles. The Hall–Kier alpha value is -2.78. The zero-order valence-corrected chi connectivity index (χ0v) is 18.7. The summed E-state index contributed by atoms with van der Waals surface area (Å²) in [5, 5.41) is 7.85. The smallest absolute Gasteiger partial charge is 0.420 e. The van der Waals surface area contributed by atoms with Gasteiger partial charge in [0.1, 0.15) is 11.4 Å². The maximum atomic E-state index is 13.5. The molecule has 0 radical (unpaired) electrons. The predicted molar refractivity (Wildman–Crippen MR) is 121 cm³/mol. The minimum absolute atomic E-state index is 0.138. The van der Waals surface area contributed by atoms with Crippen LogP contribution in [0.1, 0.15) is 42.2 Å². The molecular weight excluding hydrogens is 463 g/mol. The van der Waals surface area contributed by atoms with Crippen molar-refractivity contribution in [1.29, 1.82) is 0 Å². The van der Waals surface area contributed by atoms with Crippen LogP contribution >= 0.6 is 22.9 Å². The number of hydrogen-bond donors (Lipinski definition) is 2. The highest BCUT2D eigenvalue weighted by Crippen LogP contribution is 2.38. The largest absolute Gasteiger partial charge is 0.493 e. The number of anilines is 3. The Morgan fingerprint density at radius 3 is 2.53 bits per heavy atom. The van der Waals surface area contributed by atoms with Crippen molar-refractivity contribution in [3.8, 4) is 5.75 Å². The van der Waals surface area contributed by atoms with Gasteiger partial charge in [0.25, 0.3) is 5.91 Å². The molecule has 3 rings (SSSR count). The third kappa shape index (κ3) is 6.61. The van der Waals surface area contributed by atoms with Crippen molar-refractivity contribution in [1.82, 2.24) is 4.98 Å². The van der Waals surface area contributed by atoms with Gasteiger partial charge in [0.15, 0.2) is 5.13 Å². The number of benzene rings is 2. The van der Waals surface area contributed by atoms with Gasteiger partial charge in [-0.05, 0) is 48.9 Å². The quantitative estimate of drug-likeness (QED) is 0.312. The maximum absolute atomic E-state index is 13.5. The molecule has 1 heterocycles. The fraction of sp³-hybridized carbons (Fsp3) is 0.273. The van der Waals surface area contributed by atoms with E-state index in [0.29, 0.717) is 17.1 Å². The number of nitrogens with one attached hydrogen (secondary N) is 2.